The zero-order valence-corrected chi connectivity index (χ0v) is 12.2. The fraction of sp³-hybridized carbons (Fsp3) is 0.615. The first-order valence-corrected chi connectivity index (χ1v) is 7.03. The van der Waals surface area contributed by atoms with Crippen LogP contribution in [-0.4, -0.2) is 35.1 Å². The first-order chi connectivity index (χ1) is 9.61. The number of hydrogen-bond acceptors (Lipinski definition) is 6. The third-order valence-corrected chi connectivity index (χ3v) is 3.01. The minimum Gasteiger partial charge on any atom is -0.401 e. The monoisotopic (exact) mass is 281 g/mol. The van der Waals surface area contributed by atoms with Gasteiger partial charge in [0.2, 0.25) is 0 Å². The summed E-state index contributed by atoms with van der Waals surface area (Å²) in [4.78, 5) is 6.99. The van der Waals surface area contributed by atoms with Crippen LogP contribution in [0.1, 0.15) is 31.4 Å². The molecule has 1 rings (SSSR count). The van der Waals surface area contributed by atoms with Crippen molar-refractivity contribution in [2.75, 3.05) is 25.9 Å². The highest BCUT2D eigenvalue weighted by molar-refractivity contribution is 5.18. The molecule has 0 aromatic carbocycles. The van der Waals surface area contributed by atoms with Crippen LogP contribution in [0.2, 0.25) is 0 Å². The summed E-state index contributed by atoms with van der Waals surface area (Å²) in [5.41, 5.74) is 13.4. The number of likely N-dealkylation sites (N-methyl/N-ethyl adjacent to an activating group) is 1. The third kappa shape index (κ3) is 7.01. The number of aryl methyl sites for hydroxylation is 1. The molecule has 0 fully saturated rings. The average Bonchev–Trinajstić information content (AvgIpc) is 2.81. The van der Waals surface area contributed by atoms with E-state index in [2.05, 4.69) is 15.3 Å². The Morgan fingerprint density at radius 1 is 1.45 bits per heavy atom. The summed E-state index contributed by atoms with van der Waals surface area (Å²) in [5.74, 6) is 6.27. The maximum absolute atomic E-state index is 5.93. The predicted molar refractivity (Wildman–Crippen MR) is 82.3 cm³/mol. The summed E-state index contributed by atoms with van der Waals surface area (Å²) < 4.78 is 0. The fourth-order valence-corrected chi connectivity index (χ4v) is 1.91. The van der Waals surface area contributed by atoms with E-state index in [1.54, 1.807) is 11.2 Å². The number of nitrogens with two attached hydrogens (primary N) is 3. The molecule has 0 spiro atoms. The molecule has 0 saturated carbocycles. The number of unbranched alkanes of at least 4 members (excludes halogenated alkanes) is 2. The van der Waals surface area contributed by atoms with Gasteiger partial charge in [0.1, 0.15) is 0 Å². The SMILES string of the molecule is CNCCN(N)/C=C(\N)CCCCCc1cnc(N)[nH]1. The molecule has 8 N–H and O–H groups in total. The molecular formula is C13H27N7. The first-order valence-electron chi connectivity index (χ1n) is 7.03. The molecule has 114 valence electrons. The van der Waals surface area contributed by atoms with Crippen molar-refractivity contribution in [3.8, 4) is 0 Å². The van der Waals surface area contributed by atoms with E-state index in [0.717, 1.165) is 56.6 Å². The number of allylic oxidation sites excluding steroid dienone is 1. The van der Waals surface area contributed by atoms with Gasteiger partial charge in [0.05, 0.1) is 6.20 Å². The van der Waals surface area contributed by atoms with E-state index in [1.165, 1.54) is 0 Å². The number of hydrazine groups is 1. The van der Waals surface area contributed by atoms with E-state index in [9.17, 15) is 0 Å². The molecule has 0 bridgehead atoms. The van der Waals surface area contributed by atoms with Crippen LogP contribution in [0.15, 0.2) is 18.1 Å². The van der Waals surface area contributed by atoms with Crippen molar-refractivity contribution in [1.82, 2.24) is 20.3 Å². The third-order valence-electron chi connectivity index (χ3n) is 3.01. The van der Waals surface area contributed by atoms with Crippen molar-refractivity contribution >= 4 is 5.95 Å². The van der Waals surface area contributed by atoms with Crippen molar-refractivity contribution in [1.29, 1.82) is 0 Å². The highest BCUT2D eigenvalue weighted by Gasteiger charge is 1.99. The second-order valence-corrected chi connectivity index (χ2v) is 4.90. The zero-order valence-electron chi connectivity index (χ0n) is 12.2. The summed E-state index contributed by atoms with van der Waals surface area (Å²) in [6.07, 6.45) is 8.73. The van der Waals surface area contributed by atoms with E-state index < -0.39 is 0 Å². The van der Waals surface area contributed by atoms with Crippen LogP contribution in [0.4, 0.5) is 5.95 Å². The van der Waals surface area contributed by atoms with E-state index in [-0.39, 0.29) is 0 Å². The van der Waals surface area contributed by atoms with Crippen molar-refractivity contribution < 1.29 is 0 Å². The molecule has 0 atom stereocenters. The molecule has 1 heterocycles. The van der Waals surface area contributed by atoms with Gasteiger partial charge in [-0.25, -0.2) is 10.8 Å². The van der Waals surface area contributed by atoms with Gasteiger partial charge in [-0.2, -0.15) is 0 Å². The predicted octanol–water partition coefficient (Wildman–Crippen LogP) is 0.290. The number of nitrogens with one attached hydrogen (secondary N) is 2. The van der Waals surface area contributed by atoms with Crippen molar-refractivity contribution in [3.63, 3.8) is 0 Å². The highest BCUT2D eigenvalue weighted by atomic mass is 15.4. The molecule has 1 aromatic rings. The second kappa shape index (κ2) is 9.22. The number of aromatic amines is 1. The Hall–Kier alpha value is -1.73. The average molecular weight is 281 g/mol. The number of aromatic nitrogens is 2. The molecule has 0 unspecified atom stereocenters. The van der Waals surface area contributed by atoms with Gasteiger partial charge >= 0.3 is 0 Å². The van der Waals surface area contributed by atoms with Crippen molar-refractivity contribution in [2.45, 2.75) is 32.1 Å². The zero-order chi connectivity index (χ0) is 14.8. The minimum absolute atomic E-state index is 0.483. The van der Waals surface area contributed by atoms with Crippen molar-refractivity contribution in [3.05, 3.63) is 23.8 Å². The Labute approximate surface area is 120 Å². The molecule has 1 aromatic heterocycles. The molecule has 0 aliphatic heterocycles. The summed E-state index contributed by atoms with van der Waals surface area (Å²) in [6, 6.07) is 0. The molecule has 0 aliphatic rings. The number of rotatable bonds is 10. The second-order valence-electron chi connectivity index (χ2n) is 4.90. The van der Waals surface area contributed by atoms with Crippen LogP contribution >= 0.6 is 0 Å². The lowest BCUT2D eigenvalue weighted by Crippen LogP contribution is -2.32. The molecule has 0 aliphatic carbocycles. The van der Waals surface area contributed by atoms with E-state index in [0.29, 0.717) is 5.95 Å². The Morgan fingerprint density at radius 3 is 2.90 bits per heavy atom. The summed E-state index contributed by atoms with van der Waals surface area (Å²) in [6.45, 7) is 1.59. The largest absolute Gasteiger partial charge is 0.401 e. The van der Waals surface area contributed by atoms with Crippen LogP contribution in [-0.2, 0) is 6.42 Å². The number of hydrogen-bond donors (Lipinski definition) is 5. The van der Waals surface area contributed by atoms with Crippen molar-refractivity contribution in [2.24, 2.45) is 11.6 Å². The lowest BCUT2D eigenvalue weighted by atomic mass is 10.1. The highest BCUT2D eigenvalue weighted by Crippen LogP contribution is 2.09. The Bertz CT molecular complexity index is 399. The first kappa shape index (κ1) is 16.3. The number of nitrogen functional groups attached to an aromatic ring is 1. The smallest absolute Gasteiger partial charge is 0.197 e. The number of nitrogens with zero attached hydrogens (tertiary/aromatic N) is 2. The topological polar surface area (TPSA) is 122 Å². The minimum atomic E-state index is 0.483. The Morgan fingerprint density at radius 2 is 2.25 bits per heavy atom. The molecule has 0 radical (unpaired) electrons. The normalized spacial score (nSPS) is 11.8. The van der Waals surface area contributed by atoms with Crippen LogP contribution in [0.3, 0.4) is 0 Å². The molecule has 7 heteroatoms. The van der Waals surface area contributed by atoms with Gasteiger partial charge in [0.25, 0.3) is 0 Å². The summed E-state index contributed by atoms with van der Waals surface area (Å²) in [7, 11) is 1.90. The molecule has 20 heavy (non-hydrogen) atoms. The summed E-state index contributed by atoms with van der Waals surface area (Å²) >= 11 is 0. The van der Waals surface area contributed by atoms with Crippen LogP contribution in [0.5, 0.6) is 0 Å². The van der Waals surface area contributed by atoms with Gasteiger partial charge in [0, 0.05) is 30.7 Å². The number of anilines is 1. The fourth-order valence-electron chi connectivity index (χ4n) is 1.91. The van der Waals surface area contributed by atoms with Gasteiger partial charge in [0.15, 0.2) is 5.95 Å². The number of imidazole rings is 1. The standard InChI is InChI=1S/C13H27N7/c1-17-7-8-20(16)10-11(14)5-3-2-4-6-12-9-18-13(15)19-12/h9-10,17H,2-8,14,16H2,1H3,(H3,15,18,19)/b11-10-. The van der Waals surface area contributed by atoms with Crippen LogP contribution in [0, 0.1) is 0 Å². The molecule has 0 amide bonds. The summed E-state index contributed by atoms with van der Waals surface area (Å²) in [5, 5.41) is 4.66. The maximum Gasteiger partial charge on any atom is 0.197 e. The lowest BCUT2D eigenvalue weighted by molar-refractivity contribution is 0.387. The van der Waals surface area contributed by atoms with E-state index in [1.807, 2.05) is 13.2 Å². The number of H-pyrrole nitrogens is 1. The molecule has 7 nitrogen and oxygen atoms in total. The molecular weight excluding hydrogens is 254 g/mol. The van der Waals surface area contributed by atoms with E-state index >= 15 is 0 Å². The Kier molecular flexibility index (Phi) is 7.52. The van der Waals surface area contributed by atoms with Gasteiger partial charge < -0.3 is 26.8 Å². The van der Waals surface area contributed by atoms with Gasteiger partial charge in [-0.15, -0.1) is 0 Å². The van der Waals surface area contributed by atoms with Gasteiger partial charge in [-0.3, -0.25) is 0 Å². The maximum atomic E-state index is 5.93. The lowest BCUT2D eigenvalue weighted by Gasteiger charge is -2.14. The van der Waals surface area contributed by atoms with E-state index in [4.69, 9.17) is 17.3 Å². The van der Waals surface area contributed by atoms with Crippen LogP contribution in [0.25, 0.3) is 0 Å². The van der Waals surface area contributed by atoms with Gasteiger partial charge in [-0.1, -0.05) is 6.42 Å². The van der Waals surface area contributed by atoms with Crippen LogP contribution < -0.4 is 22.6 Å². The quantitative estimate of drug-likeness (QED) is 0.239. The molecule has 0 saturated heterocycles. The van der Waals surface area contributed by atoms with Gasteiger partial charge in [-0.05, 0) is 32.7 Å². The Balaban J connectivity index is 2.09.